The number of aryl methyl sites for hydroxylation is 1. The lowest BCUT2D eigenvalue weighted by Gasteiger charge is -2.27. The van der Waals surface area contributed by atoms with Crippen molar-refractivity contribution in [3.05, 3.63) is 29.8 Å². The van der Waals surface area contributed by atoms with Crippen molar-refractivity contribution in [2.75, 3.05) is 6.26 Å². The average molecular weight is 188 g/mol. The first-order chi connectivity index (χ1) is 5.27. The van der Waals surface area contributed by atoms with Crippen LogP contribution in [0.25, 0.3) is 0 Å². The van der Waals surface area contributed by atoms with Gasteiger partial charge in [-0.3, -0.25) is 0 Å². The van der Waals surface area contributed by atoms with Crippen molar-refractivity contribution in [3.63, 3.8) is 0 Å². The van der Waals surface area contributed by atoms with Gasteiger partial charge in [-0.1, -0.05) is 18.2 Å². The van der Waals surface area contributed by atoms with Crippen LogP contribution in [0.2, 0.25) is 0 Å². The predicted octanol–water partition coefficient (Wildman–Crippen LogP) is 1.75. The monoisotopic (exact) mass is 188 g/mol. The van der Waals surface area contributed by atoms with Crippen LogP contribution in [0.4, 0.5) is 0 Å². The van der Waals surface area contributed by atoms with E-state index in [1.807, 2.05) is 0 Å². The lowest BCUT2D eigenvalue weighted by molar-refractivity contribution is 0.398. The van der Waals surface area contributed by atoms with Crippen molar-refractivity contribution in [1.29, 1.82) is 0 Å². The Morgan fingerprint density at radius 2 is 1.75 bits per heavy atom. The molecule has 68 valence electrons. The van der Waals surface area contributed by atoms with Crippen molar-refractivity contribution in [2.45, 2.75) is 11.8 Å². The van der Waals surface area contributed by atoms with Crippen LogP contribution in [0.1, 0.15) is 5.56 Å². The number of hydrogen-bond acceptors (Lipinski definition) is 1. The van der Waals surface area contributed by atoms with Gasteiger partial charge < -0.3 is 9.11 Å². The third kappa shape index (κ3) is 1.91. The molecule has 0 spiro atoms. The molecule has 0 heterocycles. The van der Waals surface area contributed by atoms with E-state index in [2.05, 4.69) is 0 Å². The van der Waals surface area contributed by atoms with Gasteiger partial charge in [-0.25, -0.2) is 4.21 Å². The summed E-state index contributed by atoms with van der Waals surface area (Å²) in [5, 5.41) is 0. The number of rotatable bonds is 1. The van der Waals surface area contributed by atoms with E-state index >= 15 is 0 Å². The zero-order valence-corrected chi connectivity index (χ0v) is 7.84. The molecule has 3 nitrogen and oxygen atoms in total. The van der Waals surface area contributed by atoms with E-state index < -0.39 is 9.63 Å². The fourth-order valence-corrected chi connectivity index (χ4v) is 2.29. The van der Waals surface area contributed by atoms with Crippen molar-refractivity contribution >= 4 is 9.63 Å². The summed E-state index contributed by atoms with van der Waals surface area (Å²) in [5.74, 6) is 0. The van der Waals surface area contributed by atoms with Crippen molar-refractivity contribution < 1.29 is 13.3 Å². The molecule has 0 aliphatic heterocycles. The molecular weight excluding hydrogens is 176 g/mol. The van der Waals surface area contributed by atoms with Crippen molar-refractivity contribution in [2.24, 2.45) is 0 Å². The molecule has 0 amide bonds. The second-order valence-electron chi connectivity index (χ2n) is 3.00. The Kier molecular flexibility index (Phi) is 1.87. The molecule has 0 atom stereocenters. The number of hydrogen-bond donors (Lipinski definition) is 2. The highest BCUT2D eigenvalue weighted by Gasteiger charge is 2.26. The van der Waals surface area contributed by atoms with E-state index in [0.717, 1.165) is 6.26 Å². The fourth-order valence-electron chi connectivity index (χ4n) is 1.08. The molecule has 0 fully saturated rings. The highest BCUT2D eigenvalue weighted by atomic mass is 32.3. The van der Waals surface area contributed by atoms with Gasteiger partial charge in [0.1, 0.15) is 9.63 Å². The van der Waals surface area contributed by atoms with Crippen LogP contribution >= 0.6 is 0 Å². The van der Waals surface area contributed by atoms with Crippen molar-refractivity contribution in [3.8, 4) is 0 Å². The maximum atomic E-state index is 11.3. The standard InChI is InChI=1S/C8H12O3S/c1-7-5-3-4-6-8(7)12(2,9,10)11/h3-6H,1-2H3,(H2,9,10,11). The first-order valence-corrected chi connectivity index (χ1v) is 5.76. The summed E-state index contributed by atoms with van der Waals surface area (Å²) in [7, 11) is -4.55. The topological polar surface area (TPSA) is 57.5 Å². The summed E-state index contributed by atoms with van der Waals surface area (Å²) in [6.07, 6.45) is 0.930. The van der Waals surface area contributed by atoms with Crippen LogP contribution in [0.5, 0.6) is 0 Å². The Labute approximate surface area is 71.5 Å². The zero-order chi connectivity index (χ0) is 9.43. The SMILES string of the molecule is Cc1ccccc1S(C)(=O)(O)O. The molecule has 0 radical (unpaired) electrons. The van der Waals surface area contributed by atoms with E-state index in [0.29, 0.717) is 5.56 Å². The lowest BCUT2D eigenvalue weighted by atomic mass is 10.2. The summed E-state index contributed by atoms with van der Waals surface area (Å²) in [5.41, 5.74) is 0.613. The van der Waals surface area contributed by atoms with Gasteiger partial charge in [0.25, 0.3) is 0 Å². The highest BCUT2D eigenvalue weighted by Crippen LogP contribution is 2.27. The largest absolute Gasteiger partial charge is 0.304 e. The second kappa shape index (κ2) is 2.39. The Morgan fingerprint density at radius 1 is 1.25 bits per heavy atom. The molecule has 2 N–H and O–H groups in total. The van der Waals surface area contributed by atoms with Gasteiger partial charge in [0.15, 0.2) is 0 Å². The van der Waals surface area contributed by atoms with Gasteiger partial charge >= 0.3 is 0 Å². The maximum absolute atomic E-state index is 11.3. The van der Waals surface area contributed by atoms with E-state index in [9.17, 15) is 13.3 Å². The Balaban J connectivity index is 3.41. The first kappa shape index (κ1) is 9.38. The van der Waals surface area contributed by atoms with Crippen LogP contribution in [-0.4, -0.2) is 19.6 Å². The molecule has 0 aromatic heterocycles. The summed E-state index contributed by atoms with van der Waals surface area (Å²) in [6.45, 7) is 1.68. The Morgan fingerprint density at radius 3 is 2.08 bits per heavy atom. The van der Waals surface area contributed by atoms with Gasteiger partial charge in [-0.2, -0.15) is 0 Å². The molecule has 0 unspecified atom stereocenters. The molecule has 0 bridgehead atoms. The zero-order valence-electron chi connectivity index (χ0n) is 7.02. The molecule has 4 heteroatoms. The first-order valence-electron chi connectivity index (χ1n) is 3.47. The summed E-state index contributed by atoms with van der Waals surface area (Å²) in [6, 6.07) is 6.49. The highest BCUT2D eigenvalue weighted by molar-refractivity contribution is 8.09. The molecule has 0 saturated carbocycles. The van der Waals surface area contributed by atoms with Crippen LogP contribution in [-0.2, 0) is 9.63 Å². The molecule has 0 aliphatic rings. The minimum atomic E-state index is -4.55. The van der Waals surface area contributed by atoms with Crippen LogP contribution in [0, 0.1) is 6.92 Å². The van der Waals surface area contributed by atoms with E-state index in [1.165, 1.54) is 6.07 Å². The van der Waals surface area contributed by atoms with Gasteiger partial charge in [0.05, 0.1) is 4.90 Å². The predicted molar refractivity (Wildman–Crippen MR) is 48.8 cm³/mol. The normalized spacial score (nSPS) is 15.2. The maximum Gasteiger partial charge on any atom is 0.106 e. The van der Waals surface area contributed by atoms with Crippen LogP contribution < -0.4 is 0 Å². The summed E-state index contributed by atoms with van der Waals surface area (Å²) >= 11 is 0. The van der Waals surface area contributed by atoms with Crippen LogP contribution in [0.15, 0.2) is 29.2 Å². The van der Waals surface area contributed by atoms with Gasteiger partial charge in [0.2, 0.25) is 0 Å². The average Bonchev–Trinajstić information content (AvgIpc) is 1.84. The summed E-state index contributed by atoms with van der Waals surface area (Å²) in [4.78, 5) is 0.0921. The molecule has 12 heavy (non-hydrogen) atoms. The van der Waals surface area contributed by atoms with Gasteiger partial charge in [-0.05, 0) is 18.6 Å². The fraction of sp³-hybridized carbons (Fsp3) is 0.250. The van der Waals surface area contributed by atoms with E-state index in [-0.39, 0.29) is 4.90 Å². The summed E-state index contributed by atoms with van der Waals surface area (Å²) < 4.78 is 29.8. The van der Waals surface area contributed by atoms with Gasteiger partial charge in [0, 0.05) is 6.26 Å². The van der Waals surface area contributed by atoms with Crippen LogP contribution in [0.3, 0.4) is 0 Å². The van der Waals surface area contributed by atoms with Gasteiger partial charge in [-0.15, -0.1) is 0 Å². The molecule has 1 aromatic carbocycles. The third-order valence-electron chi connectivity index (χ3n) is 1.60. The molecule has 0 aliphatic carbocycles. The van der Waals surface area contributed by atoms with E-state index in [1.54, 1.807) is 25.1 Å². The number of benzene rings is 1. The lowest BCUT2D eigenvalue weighted by Crippen LogP contribution is -2.29. The molecule has 0 saturated heterocycles. The molecule has 1 aromatic rings. The quantitative estimate of drug-likeness (QED) is 0.706. The Hall–Kier alpha value is -0.710. The molecular formula is C8H12O3S. The minimum absolute atomic E-state index is 0.0921. The third-order valence-corrected chi connectivity index (χ3v) is 3.07. The Bertz CT molecular complexity index is 353. The van der Waals surface area contributed by atoms with Crippen molar-refractivity contribution in [1.82, 2.24) is 0 Å². The molecule has 1 rings (SSSR count). The van der Waals surface area contributed by atoms with E-state index in [4.69, 9.17) is 0 Å². The minimum Gasteiger partial charge on any atom is -0.304 e. The second-order valence-corrected chi connectivity index (χ2v) is 5.90. The smallest absolute Gasteiger partial charge is 0.106 e.